The summed E-state index contributed by atoms with van der Waals surface area (Å²) in [4.78, 5) is 15.3. The molecule has 136 valence electrons. The van der Waals surface area contributed by atoms with E-state index in [9.17, 15) is 4.79 Å². The van der Waals surface area contributed by atoms with Gasteiger partial charge in [0.2, 0.25) is 5.91 Å². The fraction of sp³-hybridized carbons (Fsp3) is 0.222. The number of benzene rings is 1. The number of rotatable bonds is 7. The molecule has 2 rings (SSSR count). The van der Waals surface area contributed by atoms with E-state index in [1.807, 2.05) is 26.0 Å². The number of nitrogen functional groups attached to an aromatic ring is 1. The van der Waals surface area contributed by atoms with E-state index in [-0.39, 0.29) is 24.2 Å². The number of allylic oxidation sites excluding steroid dienone is 1. The number of amides is 1. The Labute approximate surface area is 152 Å². The highest BCUT2D eigenvalue weighted by atomic mass is 16.5. The molecule has 5 N–H and O–H groups in total. The molecule has 0 fully saturated rings. The van der Waals surface area contributed by atoms with Gasteiger partial charge in [-0.2, -0.15) is 0 Å². The molecule has 0 aliphatic rings. The van der Waals surface area contributed by atoms with Crippen LogP contribution in [0.5, 0.6) is 5.75 Å². The van der Waals surface area contributed by atoms with Gasteiger partial charge in [0, 0.05) is 5.92 Å². The van der Waals surface area contributed by atoms with Crippen LogP contribution in [-0.2, 0) is 4.79 Å². The highest BCUT2D eigenvalue weighted by Crippen LogP contribution is 2.32. The molecule has 8 heteroatoms. The second-order valence-corrected chi connectivity index (χ2v) is 5.74. The van der Waals surface area contributed by atoms with Crippen LogP contribution in [0.4, 0.5) is 23.0 Å². The summed E-state index contributed by atoms with van der Waals surface area (Å²) in [7, 11) is 0. The zero-order chi connectivity index (χ0) is 19.1. The minimum atomic E-state index is -0.359. The summed E-state index contributed by atoms with van der Waals surface area (Å²) in [5.74, 6) is 1.43. The zero-order valence-corrected chi connectivity index (χ0v) is 14.8. The van der Waals surface area contributed by atoms with Crippen LogP contribution in [0.2, 0.25) is 0 Å². The average Bonchev–Trinajstić information content (AvgIpc) is 2.62. The standard InChI is InChI=1S/C18H22N6O2/c1-11(2)12(3)26-15-7-5-4-6-13(15)23-24-14-8-9-16(22-18(14)20)21-17(25)10-19/h4-9,11H,3,10,19H2,1-2H3,(H3,20,21,22,25)/b24-23+. The number of aromatic nitrogens is 1. The molecular formula is C18H22N6O2. The lowest BCUT2D eigenvalue weighted by Crippen LogP contribution is -2.22. The van der Waals surface area contributed by atoms with Crippen molar-refractivity contribution in [2.24, 2.45) is 21.9 Å². The van der Waals surface area contributed by atoms with E-state index in [1.54, 1.807) is 24.3 Å². The van der Waals surface area contributed by atoms with Crippen molar-refractivity contribution in [3.05, 3.63) is 48.7 Å². The molecule has 0 saturated carbocycles. The molecule has 0 radical (unpaired) electrons. The van der Waals surface area contributed by atoms with Crippen molar-refractivity contribution in [3.8, 4) is 5.75 Å². The first-order valence-electron chi connectivity index (χ1n) is 8.04. The normalized spacial score (nSPS) is 10.9. The van der Waals surface area contributed by atoms with Crippen molar-refractivity contribution in [1.29, 1.82) is 0 Å². The third-order valence-electron chi connectivity index (χ3n) is 3.37. The van der Waals surface area contributed by atoms with Crippen LogP contribution in [0.1, 0.15) is 13.8 Å². The molecule has 2 aromatic rings. The van der Waals surface area contributed by atoms with Gasteiger partial charge in [-0.15, -0.1) is 10.2 Å². The Hall–Kier alpha value is -3.26. The summed E-state index contributed by atoms with van der Waals surface area (Å²) in [5, 5.41) is 10.8. The summed E-state index contributed by atoms with van der Waals surface area (Å²) >= 11 is 0. The Kier molecular flexibility index (Phi) is 6.40. The second kappa shape index (κ2) is 8.72. The second-order valence-electron chi connectivity index (χ2n) is 5.74. The molecule has 0 bridgehead atoms. The van der Waals surface area contributed by atoms with Gasteiger partial charge < -0.3 is 21.5 Å². The lowest BCUT2D eigenvalue weighted by atomic mass is 10.2. The number of nitrogens with one attached hydrogen (secondary N) is 1. The number of azo groups is 1. The van der Waals surface area contributed by atoms with Gasteiger partial charge in [0.25, 0.3) is 0 Å². The topological polar surface area (TPSA) is 128 Å². The van der Waals surface area contributed by atoms with E-state index in [4.69, 9.17) is 16.2 Å². The number of anilines is 2. The lowest BCUT2D eigenvalue weighted by Gasteiger charge is -2.12. The fourth-order valence-electron chi connectivity index (χ4n) is 1.81. The van der Waals surface area contributed by atoms with Crippen molar-refractivity contribution < 1.29 is 9.53 Å². The third kappa shape index (κ3) is 5.12. The van der Waals surface area contributed by atoms with E-state index in [2.05, 4.69) is 27.1 Å². The highest BCUT2D eigenvalue weighted by Gasteiger charge is 2.08. The average molecular weight is 354 g/mol. The van der Waals surface area contributed by atoms with Gasteiger partial charge in [-0.1, -0.05) is 32.6 Å². The van der Waals surface area contributed by atoms with Gasteiger partial charge in [0.05, 0.1) is 12.3 Å². The molecule has 0 aliphatic carbocycles. The lowest BCUT2D eigenvalue weighted by molar-refractivity contribution is -0.114. The van der Waals surface area contributed by atoms with E-state index in [1.165, 1.54) is 0 Å². The summed E-state index contributed by atoms with van der Waals surface area (Å²) < 4.78 is 5.75. The predicted octanol–water partition coefficient (Wildman–Crippen LogP) is 3.52. The predicted molar refractivity (Wildman–Crippen MR) is 102 cm³/mol. The Bertz CT molecular complexity index is 832. The highest BCUT2D eigenvalue weighted by molar-refractivity contribution is 5.91. The first-order chi connectivity index (χ1) is 12.4. The Morgan fingerprint density at radius 3 is 2.58 bits per heavy atom. The first kappa shape index (κ1) is 19.1. The molecule has 0 unspecified atom stereocenters. The molecule has 0 saturated heterocycles. The Morgan fingerprint density at radius 1 is 1.23 bits per heavy atom. The summed E-state index contributed by atoms with van der Waals surface area (Å²) in [6.07, 6.45) is 0. The van der Waals surface area contributed by atoms with Crippen molar-refractivity contribution in [2.75, 3.05) is 17.6 Å². The molecule has 0 atom stereocenters. The molecule has 1 aromatic carbocycles. The maximum absolute atomic E-state index is 11.3. The van der Waals surface area contributed by atoms with Gasteiger partial charge in [-0.3, -0.25) is 4.79 Å². The number of hydrogen-bond acceptors (Lipinski definition) is 7. The SMILES string of the molecule is C=C(Oc1ccccc1/N=N/c1ccc(NC(=O)CN)nc1N)C(C)C. The number of nitrogens with two attached hydrogens (primary N) is 2. The van der Waals surface area contributed by atoms with Crippen LogP contribution in [-0.4, -0.2) is 17.4 Å². The number of ether oxygens (including phenoxy) is 1. The molecule has 0 spiro atoms. The van der Waals surface area contributed by atoms with Crippen molar-refractivity contribution in [2.45, 2.75) is 13.8 Å². The van der Waals surface area contributed by atoms with Crippen molar-refractivity contribution in [1.82, 2.24) is 4.98 Å². The summed E-state index contributed by atoms with van der Waals surface area (Å²) in [6.45, 7) is 7.74. The monoisotopic (exact) mass is 354 g/mol. The van der Waals surface area contributed by atoms with Crippen LogP contribution in [0.25, 0.3) is 0 Å². The van der Waals surface area contributed by atoms with Gasteiger partial charge in [-0.05, 0) is 24.3 Å². The van der Waals surface area contributed by atoms with Gasteiger partial charge in [0.15, 0.2) is 11.6 Å². The van der Waals surface area contributed by atoms with Crippen molar-refractivity contribution >= 4 is 28.9 Å². The maximum Gasteiger partial charge on any atom is 0.239 e. The van der Waals surface area contributed by atoms with Gasteiger partial charge in [-0.25, -0.2) is 4.98 Å². The number of para-hydroxylation sites is 1. The largest absolute Gasteiger partial charge is 0.460 e. The fourth-order valence-corrected chi connectivity index (χ4v) is 1.81. The Balaban J connectivity index is 2.20. The molecular weight excluding hydrogens is 332 g/mol. The van der Waals surface area contributed by atoms with Crippen LogP contribution in [0, 0.1) is 5.92 Å². The molecule has 1 heterocycles. The van der Waals surface area contributed by atoms with E-state index in [0.29, 0.717) is 28.7 Å². The molecule has 1 aromatic heterocycles. The van der Waals surface area contributed by atoms with E-state index >= 15 is 0 Å². The smallest absolute Gasteiger partial charge is 0.239 e. The number of nitrogens with zero attached hydrogens (tertiary/aromatic N) is 3. The molecule has 1 amide bonds. The number of hydrogen-bond donors (Lipinski definition) is 3. The van der Waals surface area contributed by atoms with Gasteiger partial charge in [0.1, 0.15) is 17.2 Å². The maximum atomic E-state index is 11.3. The molecule has 8 nitrogen and oxygen atoms in total. The van der Waals surface area contributed by atoms with Crippen molar-refractivity contribution in [3.63, 3.8) is 0 Å². The van der Waals surface area contributed by atoms with Crippen LogP contribution < -0.4 is 21.5 Å². The molecule has 26 heavy (non-hydrogen) atoms. The zero-order valence-electron chi connectivity index (χ0n) is 14.8. The number of pyridine rings is 1. The molecule has 0 aliphatic heterocycles. The number of carbonyl (C=O) groups is 1. The third-order valence-corrected chi connectivity index (χ3v) is 3.37. The van der Waals surface area contributed by atoms with Gasteiger partial charge >= 0.3 is 0 Å². The quantitative estimate of drug-likeness (QED) is 0.517. The van der Waals surface area contributed by atoms with Crippen LogP contribution in [0.15, 0.2) is 59.0 Å². The number of carbonyl (C=O) groups excluding carboxylic acids is 1. The Morgan fingerprint density at radius 2 is 1.92 bits per heavy atom. The summed E-state index contributed by atoms with van der Waals surface area (Å²) in [5.41, 5.74) is 12.0. The van der Waals surface area contributed by atoms with E-state index in [0.717, 1.165) is 0 Å². The summed E-state index contributed by atoms with van der Waals surface area (Å²) in [6, 6.07) is 10.4. The first-order valence-corrected chi connectivity index (χ1v) is 8.04. The minimum Gasteiger partial charge on any atom is -0.460 e. The minimum absolute atomic E-state index is 0.133. The van der Waals surface area contributed by atoms with Crippen LogP contribution >= 0.6 is 0 Å². The van der Waals surface area contributed by atoms with Crippen LogP contribution in [0.3, 0.4) is 0 Å². The van der Waals surface area contributed by atoms with E-state index < -0.39 is 0 Å².